The smallest absolute Gasteiger partial charge is 0.339 e. The molecule has 0 spiro atoms. The van der Waals surface area contributed by atoms with Gasteiger partial charge >= 0.3 is 11.9 Å². The van der Waals surface area contributed by atoms with Crippen molar-refractivity contribution >= 4 is 35.3 Å². The maximum atomic E-state index is 11.9. The van der Waals surface area contributed by atoms with Gasteiger partial charge < -0.3 is 14.9 Å². The third-order valence-electron chi connectivity index (χ3n) is 3.36. The summed E-state index contributed by atoms with van der Waals surface area (Å²) in [7, 11) is 1.22. The Bertz CT molecular complexity index is 713. The van der Waals surface area contributed by atoms with E-state index < -0.39 is 29.7 Å². The lowest BCUT2D eigenvalue weighted by molar-refractivity contribution is -0.197. The van der Waals surface area contributed by atoms with Crippen molar-refractivity contribution < 1.29 is 33.5 Å². The van der Waals surface area contributed by atoms with Gasteiger partial charge in [-0.25, -0.2) is 9.59 Å². The van der Waals surface area contributed by atoms with E-state index in [0.717, 1.165) is 0 Å². The number of esters is 1. The van der Waals surface area contributed by atoms with Gasteiger partial charge in [-0.1, -0.05) is 12.1 Å². The molecule has 0 aromatic heterocycles. The van der Waals surface area contributed by atoms with Gasteiger partial charge in [0.1, 0.15) is 0 Å². The molecule has 1 aromatic rings. The minimum atomic E-state index is -0.875. The van der Waals surface area contributed by atoms with Crippen LogP contribution in [0.25, 0.3) is 0 Å². The van der Waals surface area contributed by atoms with Crippen LogP contribution in [-0.2, 0) is 28.8 Å². The highest BCUT2D eigenvalue weighted by Crippen LogP contribution is 2.17. The number of benzene rings is 1. The summed E-state index contributed by atoms with van der Waals surface area (Å²) < 4.78 is 4.62. The third-order valence-corrected chi connectivity index (χ3v) is 3.36. The number of amides is 3. The molecule has 9 heteroatoms. The van der Waals surface area contributed by atoms with Crippen LogP contribution >= 0.6 is 0 Å². The number of hydrogen-bond acceptors (Lipinski definition) is 7. The molecule has 1 aliphatic heterocycles. The molecule has 1 N–H and O–H groups in total. The lowest BCUT2D eigenvalue weighted by Gasteiger charge is -2.12. The number of methoxy groups -OCH3 is 1. The van der Waals surface area contributed by atoms with E-state index in [1.807, 2.05) is 0 Å². The van der Waals surface area contributed by atoms with Crippen molar-refractivity contribution in [2.24, 2.45) is 0 Å². The molecule has 1 fully saturated rings. The minimum Gasteiger partial charge on any atom is -0.465 e. The summed E-state index contributed by atoms with van der Waals surface area (Å²) in [4.78, 5) is 62.5. The molecule has 132 valence electrons. The second-order valence-corrected chi connectivity index (χ2v) is 5.13. The Morgan fingerprint density at radius 3 is 2.36 bits per heavy atom. The first-order chi connectivity index (χ1) is 11.9. The highest BCUT2D eigenvalue weighted by Gasteiger charge is 2.32. The van der Waals surface area contributed by atoms with Gasteiger partial charge in [0.05, 0.1) is 24.8 Å². The molecule has 1 heterocycles. The zero-order valence-electron chi connectivity index (χ0n) is 13.4. The molecule has 0 saturated carbocycles. The van der Waals surface area contributed by atoms with E-state index in [0.29, 0.717) is 5.06 Å². The number of carbonyl (C=O) groups is 5. The highest BCUT2D eigenvalue weighted by molar-refractivity contribution is 6.03. The van der Waals surface area contributed by atoms with Crippen molar-refractivity contribution in [3.63, 3.8) is 0 Å². The van der Waals surface area contributed by atoms with E-state index in [2.05, 4.69) is 14.9 Å². The molecule has 2 rings (SSSR count). The molecule has 1 aromatic carbocycles. The first-order valence-electron chi connectivity index (χ1n) is 7.46. The normalized spacial score (nSPS) is 13.6. The number of para-hydroxylation sites is 1. The molecule has 1 aliphatic rings. The summed E-state index contributed by atoms with van der Waals surface area (Å²) in [5.41, 5.74) is 0.423. The molecule has 0 radical (unpaired) electrons. The summed E-state index contributed by atoms with van der Waals surface area (Å²) in [6.07, 6.45) is -0.582. The second-order valence-electron chi connectivity index (χ2n) is 5.13. The topological polar surface area (TPSA) is 119 Å². The van der Waals surface area contributed by atoms with Crippen LogP contribution in [-0.4, -0.2) is 41.8 Å². The van der Waals surface area contributed by atoms with E-state index >= 15 is 0 Å². The van der Waals surface area contributed by atoms with E-state index in [1.54, 1.807) is 12.1 Å². The summed E-state index contributed by atoms with van der Waals surface area (Å²) >= 11 is 0. The first-order valence-corrected chi connectivity index (χ1v) is 7.46. The van der Waals surface area contributed by atoms with Gasteiger partial charge in [-0.2, -0.15) is 0 Å². The number of anilines is 1. The Morgan fingerprint density at radius 2 is 1.72 bits per heavy atom. The molecular formula is C16H16N2O7. The maximum absolute atomic E-state index is 11.9. The van der Waals surface area contributed by atoms with Crippen LogP contribution in [0.1, 0.15) is 36.0 Å². The number of nitrogens with one attached hydrogen (secondary N) is 1. The third kappa shape index (κ3) is 4.63. The molecule has 0 atom stereocenters. The fraction of sp³-hybridized carbons (Fsp3) is 0.312. The summed E-state index contributed by atoms with van der Waals surface area (Å²) in [6, 6.07) is 6.24. The number of ether oxygens (including phenoxy) is 1. The monoisotopic (exact) mass is 348 g/mol. The Labute approximate surface area is 142 Å². The van der Waals surface area contributed by atoms with Crippen LogP contribution in [0.4, 0.5) is 5.69 Å². The van der Waals surface area contributed by atoms with E-state index in [9.17, 15) is 24.0 Å². The van der Waals surface area contributed by atoms with Crippen LogP contribution in [0.15, 0.2) is 24.3 Å². The SMILES string of the molecule is COC(=O)c1ccccc1NC(=O)CCC(=O)ON1C(=O)CCC1=O. The van der Waals surface area contributed by atoms with Gasteiger partial charge in [0, 0.05) is 19.3 Å². The van der Waals surface area contributed by atoms with Crippen molar-refractivity contribution in [3.8, 4) is 0 Å². The lowest BCUT2D eigenvalue weighted by atomic mass is 10.1. The van der Waals surface area contributed by atoms with E-state index in [1.165, 1.54) is 19.2 Å². The molecular weight excluding hydrogens is 332 g/mol. The van der Waals surface area contributed by atoms with Gasteiger partial charge in [-0.05, 0) is 12.1 Å². The zero-order chi connectivity index (χ0) is 18.4. The lowest BCUT2D eigenvalue weighted by Crippen LogP contribution is -2.32. The van der Waals surface area contributed by atoms with E-state index in [-0.39, 0.29) is 36.9 Å². The minimum absolute atomic E-state index is 0.00306. The van der Waals surface area contributed by atoms with Crippen molar-refractivity contribution in [2.45, 2.75) is 25.7 Å². The quantitative estimate of drug-likeness (QED) is 0.596. The van der Waals surface area contributed by atoms with Crippen molar-refractivity contribution in [1.82, 2.24) is 5.06 Å². The number of nitrogens with zero attached hydrogens (tertiary/aromatic N) is 1. The number of hydroxylamine groups is 2. The van der Waals surface area contributed by atoms with Crippen molar-refractivity contribution in [1.29, 1.82) is 0 Å². The van der Waals surface area contributed by atoms with Gasteiger partial charge in [-0.15, -0.1) is 5.06 Å². The Kier molecular flexibility index (Phi) is 5.83. The van der Waals surface area contributed by atoms with Gasteiger partial charge in [0.2, 0.25) is 5.91 Å². The fourth-order valence-electron chi connectivity index (χ4n) is 2.11. The summed E-state index contributed by atoms with van der Waals surface area (Å²) in [6.45, 7) is 0. The standard InChI is InChI=1S/C16H16N2O7/c1-24-16(23)10-4-2-3-5-11(10)17-12(19)6-9-15(22)25-18-13(20)7-8-14(18)21/h2-5H,6-9H2,1H3,(H,17,19). The van der Waals surface area contributed by atoms with Crippen molar-refractivity contribution in [2.75, 3.05) is 12.4 Å². The number of imide groups is 1. The van der Waals surface area contributed by atoms with Gasteiger partial charge in [0.25, 0.3) is 11.8 Å². The molecule has 1 saturated heterocycles. The number of hydrogen-bond donors (Lipinski definition) is 1. The number of carbonyl (C=O) groups excluding carboxylic acids is 5. The van der Waals surface area contributed by atoms with Crippen LogP contribution in [0.2, 0.25) is 0 Å². The highest BCUT2D eigenvalue weighted by atomic mass is 16.7. The van der Waals surface area contributed by atoms with Gasteiger partial charge in [0.15, 0.2) is 0 Å². The van der Waals surface area contributed by atoms with Gasteiger partial charge in [-0.3, -0.25) is 14.4 Å². The second kappa shape index (κ2) is 8.04. The average molecular weight is 348 g/mol. The maximum Gasteiger partial charge on any atom is 0.339 e. The van der Waals surface area contributed by atoms with Crippen LogP contribution in [0, 0.1) is 0 Å². The van der Waals surface area contributed by atoms with Crippen LogP contribution in [0.5, 0.6) is 0 Å². The Hall–Kier alpha value is -3.23. The molecule has 0 aliphatic carbocycles. The fourth-order valence-corrected chi connectivity index (χ4v) is 2.11. The molecule has 0 unspecified atom stereocenters. The molecule has 0 bridgehead atoms. The van der Waals surface area contributed by atoms with E-state index in [4.69, 9.17) is 0 Å². The predicted octanol–water partition coefficient (Wildman–Crippen LogP) is 0.799. The molecule has 25 heavy (non-hydrogen) atoms. The summed E-state index contributed by atoms with van der Waals surface area (Å²) in [5.74, 6) is -3.20. The van der Waals surface area contributed by atoms with Crippen LogP contribution < -0.4 is 5.32 Å². The largest absolute Gasteiger partial charge is 0.465 e. The molecule has 3 amide bonds. The zero-order valence-corrected chi connectivity index (χ0v) is 13.4. The van der Waals surface area contributed by atoms with Crippen molar-refractivity contribution in [3.05, 3.63) is 29.8 Å². The molecule has 9 nitrogen and oxygen atoms in total. The Balaban J connectivity index is 1.87. The number of rotatable bonds is 6. The van der Waals surface area contributed by atoms with Crippen LogP contribution in [0.3, 0.4) is 0 Å². The average Bonchev–Trinajstić information content (AvgIpc) is 2.91. The first kappa shape index (κ1) is 18.1. The predicted molar refractivity (Wildman–Crippen MR) is 82.8 cm³/mol. The summed E-state index contributed by atoms with van der Waals surface area (Å²) in [5, 5.41) is 2.92. The Morgan fingerprint density at radius 1 is 1.08 bits per heavy atom.